The number of fused-ring (bicyclic) bond motifs is 4. The third-order valence-corrected chi connectivity index (χ3v) is 6.53. The van der Waals surface area contributed by atoms with Crippen LogP contribution in [0.5, 0.6) is 0 Å². The van der Waals surface area contributed by atoms with E-state index in [4.69, 9.17) is 16.6 Å². The van der Waals surface area contributed by atoms with Crippen molar-refractivity contribution in [1.82, 2.24) is 10.2 Å². The van der Waals surface area contributed by atoms with Gasteiger partial charge in [-0.25, -0.2) is 9.79 Å². The number of anilines is 3. The van der Waals surface area contributed by atoms with Gasteiger partial charge in [0.05, 0.1) is 5.03 Å². The molecule has 1 fully saturated rings. The number of likely N-dealkylation sites (N-methyl/N-ethyl adjacent to an activating group) is 1. The Labute approximate surface area is 226 Å². The van der Waals surface area contributed by atoms with E-state index < -0.39 is 0 Å². The molecule has 2 unspecified atom stereocenters. The fraction of sp³-hybridized carbons (Fsp3) is 0.379. The minimum absolute atomic E-state index is 0.167. The molecule has 37 heavy (non-hydrogen) atoms. The van der Waals surface area contributed by atoms with Crippen molar-refractivity contribution in [3.63, 3.8) is 0 Å². The summed E-state index contributed by atoms with van der Waals surface area (Å²) in [6.07, 6.45) is 5.99. The molecule has 1 saturated heterocycles. The smallest absolute Gasteiger partial charge is 0.319 e. The summed E-state index contributed by atoms with van der Waals surface area (Å²) in [5.74, 6) is 0.592. The SMILES string of the molecule is C/C=C(Cl)\C1=N/C(C)Nc2cccc(c2)CCc2cc(ccc2NC(=O)NC2CCN(C)C2)N1.C=CC. The van der Waals surface area contributed by atoms with Crippen molar-refractivity contribution in [2.45, 2.75) is 52.2 Å². The number of likely N-dealkylation sites (tertiary alicyclic amines) is 1. The Balaban J connectivity index is 0.00000121. The van der Waals surface area contributed by atoms with Gasteiger partial charge in [0.15, 0.2) is 0 Å². The summed E-state index contributed by atoms with van der Waals surface area (Å²) in [5.41, 5.74) is 4.95. The molecule has 2 aromatic carbocycles. The molecule has 4 bridgehead atoms. The van der Waals surface area contributed by atoms with E-state index in [1.807, 2.05) is 51.1 Å². The van der Waals surface area contributed by atoms with Crippen molar-refractivity contribution in [3.8, 4) is 0 Å². The maximum atomic E-state index is 12.7. The summed E-state index contributed by atoms with van der Waals surface area (Å²) < 4.78 is 0. The number of benzene rings is 2. The second-order valence-electron chi connectivity index (χ2n) is 9.39. The average molecular weight is 523 g/mol. The zero-order valence-corrected chi connectivity index (χ0v) is 23.0. The van der Waals surface area contributed by atoms with Gasteiger partial charge in [0.2, 0.25) is 0 Å². The second kappa shape index (κ2) is 13.9. The molecule has 7 nitrogen and oxygen atoms in total. The predicted octanol–water partition coefficient (Wildman–Crippen LogP) is 6.21. The molecule has 0 radical (unpaired) electrons. The summed E-state index contributed by atoms with van der Waals surface area (Å²) in [6.45, 7) is 11.0. The highest BCUT2D eigenvalue weighted by molar-refractivity contribution is 6.44. The monoisotopic (exact) mass is 522 g/mol. The molecule has 2 heterocycles. The minimum Gasteiger partial charge on any atom is -0.364 e. The summed E-state index contributed by atoms with van der Waals surface area (Å²) in [7, 11) is 2.07. The first-order chi connectivity index (χ1) is 17.8. The Morgan fingerprint density at radius 1 is 1.19 bits per heavy atom. The van der Waals surface area contributed by atoms with Crippen LogP contribution in [0.4, 0.5) is 21.9 Å². The Morgan fingerprint density at radius 2 is 1.97 bits per heavy atom. The Bertz CT molecular complexity index is 1140. The number of urea groups is 1. The fourth-order valence-electron chi connectivity index (χ4n) is 4.39. The van der Waals surface area contributed by atoms with Gasteiger partial charge in [0.1, 0.15) is 12.0 Å². The quantitative estimate of drug-likeness (QED) is 0.361. The van der Waals surface area contributed by atoms with E-state index in [0.717, 1.165) is 55.0 Å². The van der Waals surface area contributed by atoms with Gasteiger partial charge in [-0.1, -0.05) is 35.9 Å². The third-order valence-electron chi connectivity index (χ3n) is 6.13. The van der Waals surface area contributed by atoms with Crippen molar-refractivity contribution >= 4 is 40.5 Å². The van der Waals surface area contributed by atoms with Crippen molar-refractivity contribution in [1.29, 1.82) is 0 Å². The number of hydrogen-bond donors (Lipinski definition) is 4. The zero-order chi connectivity index (χ0) is 26.8. The number of aryl methyl sites for hydroxylation is 2. The van der Waals surface area contributed by atoms with Gasteiger partial charge < -0.3 is 26.2 Å². The van der Waals surface area contributed by atoms with Crippen LogP contribution in [0, 0.1) is 0 Å². The Morgan fingerprint density at radius 3 is 2.68 bits per heavy atom. The van der Waals surface area contributed by atoms with E-state index in [9.17, 15) is 4.79 Å². The molecule has 0 aromatic heterocycles. The topological polar surface area (TPSA) is 80.8 Å². The number of amides is 2. The first kappa shape index (κ1) is 28.3. The molecule has 198 valence electrons. The second-order valence-corrected chi connectivity index (χ2v) is 9.79. The van der Waals surface area contributed by atoms with Crippen LogP contribution in [0.15, 0.2) is 71.2 Å². The molecule has 0 spiro atoms. The molecule has 4 rings (SSSR count). The van der Waals surface area contributed by atoms with E-state index in [1.54, 1.807) is 6.08 Å². The first-order valence-corrected chi connectivity index (χ1v) is 13.2. The number of allylic oxidation sites excluding steroid dienone is 2. The van der Waals surface area contributed by atoms with Crippen LogP contribution in [0.2, 0.25) is 0 Å². The number of halogens is 1. The standard InChI is InChI=1S/C26H33ClN6O.C3H6/c1-4-23(27)25-29-17(2)28-20-7-5-6-18(14-20)8-9-19-15-21(30-25)10-11-24(19)32-26(34)31-22-12-13-33(3)16-22;1-3-2/h4-7,10-11,14-15,17,22,28H,8-9,12-13,16H2,1-3H3,(H,29,30)(H2,31,32,34);3H,1H2,2H3/b23-4+;. The van der Waals surface area contributed by atoms with E-state index in [2.05, 4.69) is 58.0 Å². The lowest BCUT2D eigenvalue weighted by Gasteiger charge is -2.18. The summed E-state index contributed by atoms with van der Waals surface area (Å²) in [4.78, 5) is 19.7. The highest BCUT2D eigenvalue weighted by Gasteiger charge is 2.21. The van der Waals surface area contributed by atoms with Gasteiger partial charge >= 0.3 is 6.03 Å². The van der Waals surface area contributed by atoms with Crippen molar-refractivity contribution < 1.29 is 4.79 Å². The van der Waals surface area contributed by atoms with Gasteiger partial charge in [-0.15, -0.1) is 6.58 Å². The number of aliphatic imine (C=N–C) groups is 1. The molecular weight excluding hydrogens is 484 g/mol. The van der Waals surface area contributed by atoms with E-state index >= 15 is 0 Å². The lowest BCUT2D eigenvalue weighted by Crippen LogP contribution is -2.39. The van der Waals surface area contributed by atoms with E-state index in [0.29, 0.717) is 10.9 Å². The van der Waals surface area contributed by atoms with Gasteiger partial charge in [-0.3, -0.25) is 0 Å². The van der Waals surface area contributed by atoms with Crippen LogP contribution in [-0.2, 0) is 12.8 Å². The van der Waals surface area contributed by atoms with Crippen LogP contribution < -0.4 is 21.3 Å². The normalized spacial score (nSPS) is 21.2. The third kappa shape index (κ3) is 8.65. The number of amidine groups is 1. The molecule has 8 heteroatoms. The van der Waals surface area contributed by atoms with Crippen molar-refractivity contribution in [2.75, 3.05) is 36.1 Å². The van der Waals surface area contributed by atoms with Crippen molar-refractivity contribution in [2.24, 2.45) is 4.99 Å². The maximum Gasteiger partial charge on any atom is 0.319 e. The summed E-state index contributed by atoms with van der Waals surface area (Å²) in [6, 6.07) is 14.3. The molecule has 2 amide bonds. The van der Waals surface area contributed by atoms with Gasteiger partial charge in [-0.05, 0) is 95.1 Å². The number of nitrogens with one attached hydrogen (secondary N) is 4. The summed E-state index contributed by atoms with van der Waals surface area (Å²) in [5, 5.41) is 13.5. The Kier molecular flexibility index (Phi) is 10.6. The fourth-order valence-corrected chi connectivity index (χ4v) is 4.48. The molecule has 0 aliphatic carbocycles. The van der Waals surface area contributed by atoms with E-state index in [1.165, 1.54) is 5.56 Å². The number of nitrogens with zero attached hydrogens (tertiary/aromatic N) is 2. The van der Waals surface area contributed by atoms with Crippen LogP contribution in [-0.4, -0.2) is 49.1 Å². The predicted molar refractivity (Wildman–Crippen MR) is 158 cm³/mol. The number of carbonyl (C=O) groups is 1. The van der Waals surface area contributed by atoms with Crippen LogP contribution in [0.3, 0.4) is 0 Å². The molecular formula is C29H39ClN6O. The summed E-state index contributed by atoms with van der Waals surface area (Å²) >= 11 is 6.47. The molecule has 0 saturated carbocycles. The Hall–Kier alpha value is -3.29. The lowest BCUT2D eigenvalue weighted by atomic mass is 10.0. The highest BCUT2D eigenvalue weighted by atomic mass is 35.5. The van der Waals surface area contributed by atoms with Crippen LogP contribution in [0.1, 0.15) is 38.3 Å². The number of rotatable bonds is 3. The van der Waals surface area contributed by atoms with Gasteiger partial charge in [0, 0.05) is 29.6 Å². The molecule has 2 atom stereocenters. The number of hydrogen-bond acceptors (Lipinski definition) is 5. The van der Waals surface area contributed by atoms with E-state index in [-0.39, 0.29) is 18.2 Å². The lowest BCUT2D eigenvalue weighted by molar-refractivity contribution is 0.248. The maximum absolute atomic E-state index is 12.7. The van der Waals surface area contributed by atoms with Crippen molar-refractivity contribution in [3.05, 3.63) is 77.4 Å². The zero-order valence-electron chi connectivity index (χ0n) is 22.3. The van der Waals surface area contributed by atoms with Crippen LogP contribution >= 0.6 is 11.6 Å². The average Bonchev–Trinajstić information content (AvgIpc) is 3.27. The largest absolute Gasteiger partial charge is 0.364 e. The van der Waals surface area contributed by atoms with Crippen LogP contribution in [0.25, 0.3) is 0 Å². The highest BCUT2D eigenvalue weighted by Crippen LogP contribution is 2.25. The molecule has 2 aromatic rings. The minimum atomic E-state index is -0.175. The molecule has 2 aliphatic heterocycles. The van der Waals surface area contributed by atoms with Gasteiger partial charge in [0.25, 0.3) is 0 Å². The molecule has 2 aliphatic rings. The van der Waals surface area contributed by atoms with Gasteiger partial charge in [-0.2, -0.15) is 0 Å². The number of carbonyl (C=O) groups excluding carboxylic acids is 1. The first-order valence-electron chi connectivity index (χ1n) is 12.8. The molecule has 4 N–H and O–H groups in total.